The molecular weight excluding hydrogens is 334 g/mol. The molecule has 0 spiro atoms. The highest BCUT2D eigenvalue weighted by atomic mass is 35.5. The van der Waals surface area contributed by atoms with Crippen molar-refractivity contribution in [2.75, 3.05) is 19.6 Å². The molecule has 23 heavy (non-hydrogen) atoms. The number of nitrogens with zero attached hydrogens (tertiary/aromatic N) is 1. The number of aromatic nitrogens is 1. The average Bonchev–Trinajstić information content (AvgIpc) is 2.86. The fraction of sp³-hybridized carbons (Fsp3) is 0.375. The molecule has 7 heteroatoms. The third-order valence-electron chi connectivity index (χ3n) is 3.64. The molecule has 5 nitrogen and oxygen atoms in total. The van der Waals surface area contributed by atoms with Crippen LogP contribution in [0, 0.1) is 12.8 Å². The summed E-state index contributed by atoms with van der Waals surface area (Å²) < 4.78 is 5.67. The second-order valence-electron chi connectivity index (χ2n) is 5.50. The molecule has 1 amide bonds. The number of hydrogen-bond acceptors (Lipinski definition) is 5. The Morgan fingerprint density at radius 3 is 2.83 bits per heavy atom. The highest BCUT2D eigenvalue weighted by molar-refractivity contribution is 7.13. The van der Waals surface area contributed by atoms with Crippen molar-refractivity contribution in [3.8, 4) is 5.75 Å². The van der Waals surface area contributed by atoms with E-state index in [9.17, 15) is 4.79 Å². The lowest BCUT2D eigenvalue weighted by atomic mass is 10.0. The third kappa shape index (κ3) is 4.22. The van der Waals surface area contributed by atoms with Crippen molar-refractivity contribution in [3.05, 3.63) is 44.9 Å². The summed E-state index contributed by atoms with van der Waals surface area (Å²) in [5.41, 5.74) is 0.744. The zero-order chi connectivity index (χ0) is 16.2. The Bertz CT molecular complexity index is 683. The van der Waals surface area contributed by atoms with Crippen molar-refractivity contribution in [1.29, 1.82) is 0 Å². The highest BCUT2D eigenvalue weighted by Gasteiger charge is 2.20. The van der Waals surface area contributed by atoms with E-state index >= 15 is 0 Å². The number of halogens is 1. The molecule has 3 rings (SSSR count). The van der Waals surface area contributed by atoms with E-state index in [0.717, 1.165) is 29.5 Å². The molecule has 1 aliphatic rings. The first kappa shape index (κ1) is 16.2. The Kier molecular flexibility index (Phi) is 5.15. The summed E-state index contributed by atoms with van der Waals surface area (Å²) in [5.74, 6) is 1.22. The molecule has 0 radical (unpaired) electrons. The summed E-state index contributed by atoms with van der Waals surface area (Å²) in [7, 11) is 0. The maximum Gasteiger partial charge on any atom is 0.263 e. The number of carbonyl (C=O) groups is 1. The van der Waals surface area contributed by atoms with E-state index in [0.29, 0.717) is 29.0 Å². The van der Waals surface area contributed by atoms with Crippen molar-refractivity contribution >= 4 is 28.8 Å². The Morgan fingerprint density at radius 2 is 2.17 bits per heavy atom. The third-order valence-corrected chi connectivity index (χ3v) is 5.02. The monoisotopic (exact) mass is 351 g/mol. The number of nitrogens with one attached hydrogen (secondary N) is 2. The van der Waals surface area contributed by atoms with Gasteiger partial charge in [0.15, 0.2) is 0 Å². The Balaban J connectivity index is 1.56. The van der Waals surface area contributed by atoms with Crippen molar-refractivity contribution in [3.63, 3.8) is 0 Å². The zero-order valence-corrected chi connectivity index (χ0v) is 14.3. The normalized spacial score (nSPS) is 14.3. The van der Waals surface area contributed by atoms with Crippen molar-refractivity contribution in [1.82, 2.24) is 15.6 Å². The number of aryl methyl sites for hydroxylation is 1. The van der Waals surface area contributed by atoms with Crippen LogP contribution in [-0.2, 0) is 6.61 Å². The van der Waals surface area contributed by atoms with Crippen molar-refractivity contribution in [2.45, 2.75) is 13.5 Å². The van der Waals surface area contributed by atoms with Gasteiger partial charge in [-0.05, 0) is 31.2 Å². The van der Waals surface area contributed by atoms with Gasteiger partial charge in [0.05, 0.1) is 5.69 Å². The van der Waals surface area contributed by atoms with Gasteiger partial charge in [-0.25, -0.2) is 4.98 Å². The smallest absolute Gasteiger partial charge is 0.263 e. The van der Waals surface area contributed by atoms with Gasteiger partial charge in [-0.3, -0.25) is 4.79 Å². The van der Waals surface area contributed by atoms with Gasteiger partial charge in [-0.15, -0.1) is 11.3 Å². The molecule has 0 atom stereocenters. The molecule has 0 bridgehead atoms. The number of hydrogen-bond donors (Lipinski definition) is 2. The molecule has 2 N–H and O–H groups in total. The summed E-state index contributed by atoms with van der Waals surface area (Å²) in [6.07, 6.45) is 0. The minimum Gasteiger partial charge on any atom is -0.486 e. The predicted octanol–water partition coefficient (Wildman–Crippen LogP) is 2.63. The van der Waals surface area contributed by atoms with Crippen LogP contribution in [0.1, 0.15) is 20.4 Å². The number of amides is 1. The summed E-state index contributed by atoms with van der Waals surface area (Å²) >= 11 is 7.22. The molecule has 2 aromatic rings. The van der Waals surface area contributed by atoms with Gasteiger partial charge in [0.2, 0.25) is 0 Å². The van der Waals surface area contributed by atoms with Gasteiger partial charge in [0, 0.05) is 30.6 Å². The van der Waals surface area contributed by atoms with E-state index < -0.39 is 0 Å². The summed E-state index contributed by atoms with van der Waals surface area (Å²) in [4.78, 5) is 17.3. The summed E-state index contributed by atoms with van der Waals surface area (Å²) in [6.45, 7) is 4.85. The lowest BCUT2D eigenvalue weighted by molar-refractivity contribution is 0.0945. The van der Waals surface area contributed by atoms with Crippen LogP contribution in [0.25, 0.3) is 0 Å². The van der Waals surface area contributed by atoms with Gasteiger partial charge < -0.3 is 15.4 Å². The van der Waals surface area contributed by atoms with Crippen molar-refractivity contribution < 1.29 is 9.53 Å². The molecule has 1 aromatic heterocycles. The number of thiazole rings is 1. The summed E-state index contributed by atoms with van der Waals surface area (Å²) in [6, 6.07) is 7.17. The first-order valence-electron chi connectivity index (χ1n) is 7.45. The van der Waals surface area contributed by atoms with E-state index in [1.54, 1.807) is 12.1 Å². The van der Waals surface area contributed by atoms with Gasteiger partial charge in [-0.1, -0.05) is 11.6 Å². The van der Waals surface area contributed by atoms with Crippen LogP contribution < -0.4 is 15.4 Å². The molecule has 1 saturated heterocycles. The zero-order valence-electron chi connectivity index (χ0n) is 12.8. The van der Waals surface area contributed by atoms with Crippen LogP contribution >= 0.6 is 22.9 Å². The maximum absolute atomic E-state index is 12.2. The van der Waals surface area contributed by atoms with E-state index in [2.05, 4.69) is 15.6 Å². The fourth-order valence-corrected chi connectivity index (χ4v) is 3.23. The molecular formula is C16H18ClN3O2S. The quantitative estimate of drug-likeness (QED) is 0.839. The van der Waals surface area contributed by atoms with E-state index in [1.165, 1.54) is 11.3 Å². The van der Waals surface area contributed by atoms with Crippen LogP contribution in [-0.4, -0.2) is 30.5 Å². The summed E-state index contributed by atoms with van der Waals surface area (Å²) in [5, 5.41) is 7.62. The molecule has 1 aliphatic heterocycles. The van der Waals surface area contributed by atoms with Crippen LogP contribution in [0.4, 0.5) is 0 Å². The van der Waals surface area contributed by atoms with Gasteiger partial charge in [0.1, 0.15) is 22.2 Å². The second-order valence-corrected chi connectivity index (χ2v) is 7.02. The molecule has 0 unspecified atom stereocenters. The van der Waals surface area contributed by atoms with Gasteiger partial charge in [0.25, 0.3) is 5.91 Å². The Hall–Kier alpha value is -1.63. The SMILES string of the molecule is Cc1nc(COc2ccc(Cl)cc2)sc1C(=O)NCC1CNC1. The van der Waals surface area contributed by atoms with E-state index in [-0.39, 0.29) is 5.91 Å². The molecule has 0 aliphatic carbocycles. The number of benzene rings is 1. The molecule has 2 heterocycles. The first-order chi connectivity index (χ1) is 11.1. The van der Waals surface area contributed by atoms with Crippen LogP contribution in [0.15, 0.2) is 24.3 Å². The number of rotatable bonds is 6. The van der Waals surface area contributed by atoms with Crippen LogP contribution in [0.5, 0.6) is 5.75 Å². The Morgan fingerprint density at radius 1 is 1.43 bits per heavy atom. The first-order valence-corrected chi connectivity index (χ1v) is 8.65. The maximum atomic E-state index is 12.2. The second kappa shape index (κ2) is 7.29. The van der Waals surface area contributed by atoms with E-state index in [4.69, 9.17) is 16.3 Å². The minimum atomic E-state index is -0.0513. The average molecular weight is 352 g/mol. The molecule has 1 aromatic carbocycles. The van der Waals surface area contributed by atoms with Gasteiger partial charge in [-0.2, -0.15) is 0 Å². The lowest BCUT2D eigenvalue weighted by Crippen LogP contribution is -2.48. The lowest BCUT2D eigenvalue weighted by Gasteiger charge is -2.26. The molecule has 122 valence electrons. The number of ether oxygens (including phenoxy) is 1. The topological polar surface area (TPSA) is 63.2 Å². The largest absolute Gasteiger partial charge is 0.486 e. The fourth-order valence-electron chi connectivity index (χ4n) is 2.21. The highest BCUT2D eigenvalue weighted by Crippen LogP contribution is 2.21. The molecule has 1 fully saturated rings. The standard InChI is InChI=1S/C16H18ClN3O2S/c1-10-15(16(21)19-8-11-6-18-7-11)23-14(20-10)9-22-13-4-2-12(17)3-5-13/h2-5,11,18H,6-9H2,1H3,(H,19,21). The molecule has 0 saturated carbocycles. The van der Waals surface area contributed by atoms with Gasteiger partial charge >= 0.3 is 0 Å². The van der Waals surface area contributed by atoms with E-state index in [1.807, 2.05) is 19.1 Å². The van der Waals surface area contributed by atoms with Crippen LogP contribution in [0.2, 0.25) is 5.02 Å². The Labute approximate surface area is 144 Å². The number of carbonyl (C=O) groups excluding carboxylic acids is 1. The van der Waals surface area contributed by atoms with Crippen molar-refractivity contribution in [2.24, 2.45) is 5.92 Å². The predicted molar refractivity (Wildman–Crippen MR) is 91.3 cm³/mol. The minimum absolute atomic E-state index is 0.0513. The van der Waals surface area contributed by atoms with Crippen LogP contribution in [0.3, 0.4) is 0 Å².